The molecule has 1 rings (SSSR count). The van der Waals surface area contributed by atoms with Gasteiger partial charge in [-0.2, -0.15) is 0 Å². The molecule has 0 fully saturated rings. The van der Waals surface area contributed by atoms with E-state index in [0.29, 0.717) is 10.7 Å². The quantitative estimate of drug-likeness (QED) is 0.733. The van der Waals surface area contributed by atoms with Gasteiger partial charge >= 0.3 is 0 Å². The summed E-state index contributed by atoms with van der Waals surface area (Å²) in [6.07, 6.45) is 5.85. The molecule has 16 heavy (non-hydrogen) atoms. The van der Waals surface area contributed by atoms with E-state index in [9.17, 15) is 0 Å². The van der Waals surface area contributed by atoms with Crippen LogP contribution in [0.25, 0.3) is 0 Å². The maximum absolute atomic E-state index is 5.58. The van der Waals surface area contributed by atoms with Gasteiger partial charge in [0.2, 0.25) is 0 Å². The summed E-state index contributed by atoms with van der Waals surface area (Å²) in [5.74, 6) is 1.39. The highest BCUT2D eigenvalue weighted by Crippen LogP contribution is 2.25. The monoisotopic (exact) mass is 285 g/mol. The Morgan fingerprint density at radius 2 is 2.12 bits per heavy atom. The fourth-order valence-electron chi connectivity index (χ4n) is 1.63. The van der Waals surface area contributed by atoms with Crippen molar-refractivity contribution >= 4 is 15.9 Å². The molecule has 2 nitrogen and oxygen atoms in total. The lowest BCUT2D eigenvalue weighted by Crippen LogP contribution is -2.02. The third-order valence-electron chi connectivity index (χ3n) is 2.45. The molecule has 3 heteroatoms. The first-order valence-electron chi connectivity index (χ1n) is 5.85. The molecule has 1 aromatic rings. The molecule has 0 N–H and O–H groups in total. The number of hydrogen-bond acceptors (Lipinski definition) is 2. The van der Waals surface area contributed by atoms with E-state index < -0.39 is 0 Å². The van der Waals surface area contributed by atoms with E-state index in [4.69, 9.17) is 4.74 Å². The highest BCUT2D eigenvalue weighted by molar-refractivity contribution is 9.09. The van der Waals surface area contributed by atoms with Crippen LogP contribution >= 0.6 is 15.9 Å². The van der Waals surface area contributed by atoms with Crippen molar-refractivity contribution in [3.05, 3.63) is 24.0 Å². The van der Waals surface area contributed by atoms with Gasteiger partial charge in [-0.25, -0.2) is 0 Å². The molecule has 0 amide bonds. The van der Waals surface area contributed by atoms with Crippen LogP contribution in [-0.2, 0) is 0 Å². The number of hydrogen-bond donors (Lipinski definition) is 0. The predicted octanol–water partition coefficient (Wildman–Crippen LogP) is 4.15. The SMILES string of the molecule is CCCOc1cncc(C(C)CC(C)Br)c1. The van der Waals surface area contributed by atoms with Crippen LogP contribution in [0.15, 0.2) is 18.5 Å². The summed E-state index contributed by atoms with van der Waals surface area (Å²) in [6, 6.07) is 2.10. The van der Waals surface area contributed by atoms with Crippen molar-refractivity contribution in [3.63, 3.8) is 0 Å². The fourth-order valence-corrected chi connectivity index (χ4v) is 2.19. The molecule has 0 radical (unpaired) electrons. The number of halogens is 1. The first-order valence-corrected chi connectivity index (χ1v) is 6.76. The first kappa shape index (κ1) is 13.5. The van der Waals surface area contributed by atoms with Gasteiger partial charge in [-0.05, 0) is 30.4 Å². The Bertz CT molecular complexity index is 315. The van der Waals surface area contributed by atoms with E-state index >= 15 is 0 Å². The van der Waals surface area contributed by atoms with Crippen molar-refractivity contribution in [2.45, 2.75) is 44.4 Å². The van der Waals surface area contributed by atoms with Gasteiger partial charge in [0, 0.05) is 11.0 Å². The Labute approximate surface area is 107 Å². The van der Waals surface area contributed by atoms with E-state index in [-0.39, 0.29) is 0 Å². The number of pyridine rings is 1. The molecule has 0 spiro atoms. The average molecular weight is 286 g/mol. The Hall–Kier alpha value is -0.570. The molecule has 1 heterocycles. The Morgan fingerprint density at radius 3 is 2.75 bits per heavy atom. The van der Waals surface area contributed by atoms with Crippen molar-refractivity contribution in [1.82, 2.24) is 4.98 Å². The summed E-state index contributed by atoms with van der Waals surface area (Å²) in [4.78, 5) is 4.76. The zero-order chi connectivity index (χ0) is 12.0. The van der Waals surface area contributed by atoms with Crippen molar-refractivity contribution < 1.29 is 4.74 Å². The maximum Gasteiger partial charge on any atom is 0.137 e. The minimum atomic E-state index is 0.507. The highest BCUT2D eigenvalue weighted by atomic mass is 79.9. The van der Waals surface area contributed by atoms with Crippen molar-refractivity contribution in [2.24, 2.45) is 0 Å². The molecule has 1 aromatic heterocycles. The predicted molar refractivity (Wildman–Crippen MR) is 71.4 cm³/mol. The van der Waals surface area contributed by atoms with Crippen LogP contribution in [0.1, 0.15) is 45.1 Å². The second-order valence-electron chi connectivity index (χ2n) is 4.22. The molecule has 0 saturated carbocycles. The van der Waals surface area contributed by atoms with Crippen LogP contribution in [0.2, 0.25) is 0 Å². The molecule has 0 aliphatic carbocycles. The molecule has 0 aromatic carbocycles. The van der Waals surface area contributed by atoms with Gasteiger partial charge in [0.25, 0.3) is 0 Å². The van der Waals surface area contributed by atoms with Crippen LogP contribution in [-0.4, -0.2) is 16.4 Å². The molecule has 2 unspecified atom stereocenters. The summed E-state index contributed by atoms with van der Waals surface area (Å²) in [5, 5.41) is 0. The standard InChI is InChI=1S/C13H20BrNO/c1-4-5-16-13-7-12(8-15-9-13)10(2)6-11(3)14/h7-11H,4-6H2,1-3H3. The number of aromatic nitrogens is 1. The van der Waals surface area contributed by atoms with Crippen LogP contribution in [0.4, 0.5) is 0 Å². The molecule has 0 saturated heterocycles. The van der Waals surface area contributed by atoms with Gasteiger partial charge in [-0.3, -0.25) is 4.98 Å². The highest BCUT2D eigenvalue weighted by Gasteiger charge is 2.09. The Kier molecular flexibility index (Phi) is 5.81. The largest absolute Gasteiger partial charge is 0.492 e. The fraction of sp³-hybridized carbons (Fsp3) is 0.615. The lowest BCUT2D eigenvalue weighted by atomic mass is 9.98. The Morgan fingerprint density at radius 1 is 1.38 bits per heavy atom. The molecule has 0 aliphatic rings. The van der Waals surface area contributed by atoms with Gasteiger partial charge in [0.1, 0.15) is 5.75 Å². The summed E-state index contributed by atoms with van der Waals surface area (Å²) in [5.41, 5.74) is 1.25. The minimum Gasteiger partial charge on any atom is -0.492 e. The van der Waals surface area contributed by atoms with Gasteiger partial charge in [-0.15, -0.1) is 0 Å². The molecular weight excluding hydrogens is 266 g/mol. The maximum atomic E-state index is 5.58. The van der Waals surface area contributed by atoms with Gasteiger partial charge in [-0.1, -0.05) is 36.7 Å². The summed E-state index contributed by atoms with van der Waals surface area (Å²) in [6.45, 7) is 7.25. The minimum absolute atomic E-state index is 0.507. The lowest BCUT2D eigenvalue weighted by molar-refractivity contribution is 0.315. The van der Waals surface area contributed by atoms with Crippen LogP contribution in [0.3, 0.4) is 0 Å². The number of rotatable bonds is 6. The summed E-state index contributed by atoms with van der Waals surface area (Å²) >= 11 is 3.58. The second kappa shape index (κ2) is 6.89. The van der Waals surface area contributed by atoms with Crippen molar-refractivity contribution in [3.8, 4) is 5.75 Å². The second-order valence-corrected chi connectivity index (χ2v) is 5.78. The van der Waals surface area contributed by atoms with Crippen molar-refractivity contribution in [2.75, 3.05) is 6.61 Å². The van der Waals surface area contributed by atoms with Crippen LogP contribution < -0.4 is 4.74 Å². The first-order chi connectivity index (χ1) is 7.63. The molecule has 0 bridgehead atoms. The zero-order valence-corrected chi connectivity index (χ0v) is 11.8. The van der Waals surface area contributed by atoms with Crippen molar-refractivity contribution in [1.29, 1.82) is 0 Å². The van der Waals surface area contributed by atoms with E-state index in [0.717, 1.165) is 25.2 Å². The van der Waals surface area contributed by atoms with Gasteiger partial charge in [0.05, 0.1) is 12.8 Å². The normalized spacial score (nSPS) is 14.5. The number of ether oxygens (including phenoxy) is 1. The molecular formula is C13H20BrNO. The topological polar surface area (TPSA) is 22.1 Å². The van der Waals surface area contributed by atoms with Crippen LogP contribution in [0, 0.1) is 0 Å². The molecule has 2 atom stereocenters. The van der Waals surface area contributed by atoms with E-state index in [1.54, 1.807) is 6.20 Å². The third-order valence-corrected chi connectivity index (χ3v) is 2.83. The lowest BCUT2D eigenvalue weighted by Gasteiger charge is -2.14. The smallest absolute Gasteiger partial charge is 0.137 e. The summed E-state index contributed by atoms with van der Waals surface area (Å²) in [7, 11) is 0. The summed E-state index contributed by atoms with van der Waals surface area (Å²) < 4.78 is 5.58. The Balaban J connectivity index is 2.65. The van der Waals surface area contributed by atoms with Gasteiger partial charge in [0.15, 0.2) is 0 Å². The number of alkyl halides is 1. The molecule has 0 aliphatic heterocycles. The molecule has 90 valence electrons. The van der Waals surface area contributed by atoms with Crippen LogP contribution in [0.5, 0.6) is 5.75 Å². The third kappa shape index (κ3) is 4.52. The van der Waals surface area contributed by atoms with Gasteiger partial charge < -0.3 is 4.74 Å². The number of nitrogens with zero attached hydrogens (tertiary/aromatic N) is 1. The zero-order valence-electron chi connectivity index (χ0n) is 10.2. The average Bonchev–Trinajstić information content (AvgIpc) is 2.26. The van der Waals surface area contributed by atoms with E-state index in [1.807, 2.05) is 6.20 Å². The van der Waals surface area contributed by atoms with E-state index in [2.05, 4.69) is 47.8 Å². The van der Waals surface area contributed by atoms with E-state index in [1.165, 1.54) is 5.56 Å².